The largest absolute Gasteiger partial charge is 0.395 e. The van der Waals surface area contributed by atoms with Crippen LogP contribution < -0.4 is 0 Å². The zero-order valence-electron chi connectivity index (χ0n) is 10.4. The van der Waals surface area contributed by atoms with Crippen molar-refractivity contribution in [1.29, 1.82) is 0 Å². The van der Waals surface area contributed by atoms with Gasteiger partial charge in [-0.3, -0.25) is 4.90 Å². The average Bonchev–Trinajstić information content (AvgIpc) is 2.31. The maximum Gasteiger partial charge on any atom is 0.126 e. The minimum atomic E-state index is -0.652. The molecule has 0 aliphatic rings. The number of halogens is 1. The Morgan fingerprint density at radius 3 is 2.65 bits per heavy atom. The third-order valence-electron chi connectivity index (χ3n) is 2.86. The molecule has 3 nitrogen and oxygen atoms in total. The third-order valence-corrected chi connectivity index (χ3v) is 2.86. The van der Waals surface area contributed by atoms with E-state index in [1.165, 1.54) is 6.07 Å². The molecule has 1 rings (SSSR count). The van der Waals surface area contributed by atoms with Gasteiger partial charge in [-0.1, -0.05) is 19.1 Å². The average molecular weight is 241 g/mol. The molecule has 0 amide bonds. The van der Waals surface area contributed by atoms with E-state index in [1.54, 1.807) is 19.1 Å². The summed E-state index contributed by atoms with van der Waals surface area (Å²) in [5, 5.41) is 18.9. The molecular weight excluding hydrogens is 221 g/mol. The normalized spacial score (nSPS) is 13.1. The number of nitrogens with zero attached hydrogens (tertiary/aromatic N) is 1. The summed E-state index contributed by atoms with van der Waals surface area (Å²) in [5.41, 5.74) is 1.24. The molecule has 0 bridgehead atoms. The van der Waals surface area contributed by atoms with Crippen LogP contribution in [0, 0.1) is 12.7 Å². The zero-order valence-corrected chi connectivity index (χ0v) is 10.4. The van der Waals surface area contributed by atoms with E-state index in [4.69, 9.17) is 5.11 Å². The molecule has 0 radical (unpaired) electrons. The van der Waals surface area contributed by atoms with Crippen molar-refractivity contribution in [3.63, 3.8) is 0 Å². The minimum absolute atomic E-state index is 0.0724. The van der Waals surface area contributed by atoms with Crippen LogP contribution in [-0.4, -0.2) is 41.4 Å². The fourth-order valence-corrected chi connectivity index (χ4v) is 1.75. The number of rotatable bonds is 6. The molecule has 0 fully saturated rings. The highest BCUT2D eigenvalue weighted by Crippen LogP contribution is 2.17. The number of aliphatic hydroxyl groups is 2. The number of hydrogen-bond acceptors (Lipinski definition) is 3. The molecule has 96 valence electrons. The molecule has 0 heterocycles. The van der Waals surface area contributed by atoms with Gasteiger partial charge in [-0.25, -0.2) is 4.39 Å². The van der Waals surface area contributed by atoms with Crippen molar-refractivity contribution >= 4 is 0 Å². The highest BCUT2D eigenvalue weighted by molar-refractivity contribution is 5.25. The standard InChI is InChI=1S/C13H20FNO2/c1-3-15(6-7-16)9-13(17)11-4-5-12(14)10(2)8-11/h4-5,8,13,16-17H,3,6-7,9H2,1-2H3. The summed E-state index contributed by atoms with van der Waals surface area (Å²) in [6.45, 7) is 5.46. The van der Waals surface area contributed by atoms with Crippen LogP contribution in [0.15, 0.2) is 18.2 Å². The molecule has 0 spiro atoms. The smallest absolute Gasteiger partial charge is 0.126 e. The van der Waals surface area contributed by atoms with Crippen LogP contribution in [0.25, 0.3) is 0 Å². The van der Waals surface area contributed by atoms with E-state index >= 15 is 0 Å². The fraction of sp³-hybridized carbons (Fsp3) is 0.538. The van der Waals surface area contributed by atoms with Gasteiger partial charge < -0.3 is 10.2 Å². The van der Waals surface area contributed by atoms with Gasteiger partial charge in [-0.2, -0.15) is 0 Å². The number of likely N-dealkylation sites (N-methyl/N-ethyl adjacent to an activating group) is 1. The Kier molecular flexibility index (Phi) is 5.55. The lowest BCUT2D eigenvalue weighted by molar-refractivity contribution is 0.103. The van der Waals surface area contributed by atoms with Crippen LogP contribution in [0.3, 0.4) is 0 Å². The lowest BCUT2D eigenvalue weighted by atomic mass is 10.1. The summed E-state index contributed by atoms with van der Waals surface area (Å²) in [7, 11) is 0. The van der Waals surface area contributed by atoms with Gasteiger partial charge >= 0.3 is 0 Å². The van der Waals surface area contributed by atoms with Gasteiger partial charge in [0.05, 0.1) is 12.7 Å². The van der Waals surface area contributed by atoms with Crippen molar-refractivity contribution in [2.24, 2.45) is 0 Å². The number of aliphatic hydroxyl groups excluding tert-OH is 2. The van der Waals surface area contributed by atoms with E-state index in [0.717, 1.165) is 6.54 Å². The summed E-state index contributed by atoms with van der Waals surface area (Å²) < 4.78 is 13.1. The maximum atomic E-state index is 13.1. The first-order chi connectivity index (χ1) is 8.08. The van der Waals surface area contributed by atoms with Gasteiger partial charge in [-0.15, -0.1) is 0 Å². The number of benzene rings is 1. The van der Waals surface area contributed by atoms with E-state index < -0.39 is 6.10 Å². The molecule has 1 atom stereocenters. The van der Waals surface area contributed by atoms with Gasteiger partial charge in [0.1, 0.15) is 5.82 Å². The predicted molar refractivity (Wildman–Crippen MR) is 65.3 cm³/mol. The Hall–Kier alpha value is -0.970. The highest BCUT2D eigenvalue weighted by atomic mass is 19.1. The van der Waals surface area contributed by atoms with Crippen LogP contribution in [0.2, 0.25) is 0 Å². The molecule has 2 N–H and O–H groups in total. The van der Waals surface area contributed by atoms with Crippen molar-refractivity contribution in [2.45, 2.75) is 20.0 Å². The predicted octanol–water partition coefficient (Wildman–Crippen LogP) is 1.48. The first-order valence-corrected chi connectivity index (χ1v) is 5.85. The summed E-state index contributed by atoms with van der Waals surface area (Å²) in [6, 6.07) is 4.63. The SMILES string of the molecule is CCN(CCO)CC(O)c1ccc(F)c(C)c1. The molecule has 1 aromatic rings. The van der Waals surface area contributed by atoms with E-state index in [1.807, 2.05) is 11.8 Å². The highest BCUT2D eigenvalue weighted by Gasteiger charge is 2.13. The second kappa shape index (κ2) is 6.69. The molecule has 17 heavy (non-hydrogen) atoms. The van der Waals surface area contributed by atoms with Gasteiger partial charge in [0.2, 0.25) is 0 Å². The van der Waals surface area contributed by atoms with Crippen LogP contribution in [-0.2, 0) is 0 Å². The Bertz CT molecular complexity index is 357. The van der Waals surface area contributed by atoms with Crippen molar-refractivity contribution in [3.8, 4) is 0 Å². The van der Waals surface area contributed by atoms with Crippen LogP contribution in [0.5, 0.6) is 0 Å². The van der Waals surface area contributed by atoms with Crippen LogP contribution in [0.1, 0.15) is 24.2 Å². The van der Waals surface area contributed by atoms with Crippen LogP contribution >= 0.6 is 0 Å². The first-order valence-electron chi connectivity index (χ1n) is 5.85. The molecule has 1 aromatic carbocycles. The Morgan fingerprint density at radius 2 is 2.12 bits per heavy atom. The lowest BCUT2D eigenvalue weighted by Gasteiger charge is -2.23. The molecule has 0 saturated carbocycles. The quantitative estimate of drug-likeness (QED) is 0.793. The molecule has 0 aliphatic carbocycles. The Morgan fingerprint density at radius 1 is 1.41 bits per heavy atom. The van der Waals surface area contributed by atoms with Crippen molar-refractivity contribution < 1.29 is 14.6 Å². The molecule has 0 aromatic heterocycles. The van der Waals surface area contributed by atoms with Crippen molar-refractivity contribution in [3.05, 3.63) is 35.1 Å². The molecule has 1 unspecified atom stereocenters. The van der Waals surface area contributed by atoms with E-state index in [2.05, 4.69) is 0 Å². The third kappa shape index (κ3) is 4.07. The fourth-order valence-electron chi connectivity index (χ4n) is 1.75. The summed E-state index contributed by atoms with van der Waals surface area (Å²) in [4.78, 5) is 1.95. The maximum absolute atomic E-state index is 13.1. The van der Waals surface area contributed by atoms with Gasteiger partial charge in [-0.05, 0) is 30.7 Å². The van der Waals surface area contributed by atoms with Crippen molar-refractivity contribution in [1.82, 2.24) is 4.90 Å². The molecular formula is C13H20FNO2. The monoisotopic (exact) mass is 241 g/mol. The summed E-state index contributed by atoms with van der Waals surface area (Å²) in [6.07, 6.45) is -0.652. The zero-order chi connectivity index (χ0) is 12.8. The van der Waals surface area contributed by atoms with Crippen molar-refractivity contribution in [2.75, 3.05) is 26.2 Å². The topological polar surface area (TPSA) is 43.7 Å². The summed E-state index contributed by atoms with van der Waals surface area (Å²) >= 11 is 0. The Labute approximate surface area is 101 Å². The van der Waals surface area contributed by atoms with E-state index in [0.29, 0.717) is 24.2 Å². The number of hydrogen-bond donors (Lipinski definition) is 2. The minimum Gasteiger partial charge on any atom is -0.395 e. The number of aryl methyl sites for hydroxylation is 1. The van der Waals surface area contributed by atoms with Gasteiger partial charge in [0.25, 0.3) is 0 Å². The molecule has 4 heteroatoms. The van der Waals surface area contributed by atoms with Gasteiger partial charge in [0.15, 0.2) is 0 Å². The molecule has 0 saturated heterocycles. The second-order valence-corrected chi connectivity index (χ2v) is 4.14. The summed E-state index contributed by atoms with van der Waals surface area (Å²) in [5.74, 6) is -0.261. The lowest BCUT2D eigenvalue weighted by Crippen LogP contribution is -2.31. The van der Waals surface area contributed by atoms with Gasteiger partial charge in [0, 0.05) is 13.1 Å². The molecule has 0 aliphatic heterocycles. The van der Waals surface area contributed by atoms with E-state index in [-0.39, 0.29) is 12.4 Å². The second-order valence-electron chi connectivity index (χ2n) is 4.14. The van der Waals surface area contributed by atoms with E-state index in [9.17, 15) is 9.50 Å². The first kappa shape index (κ1) is 14.1. The Balaban J connectivity index is 2.68. The van der Waals surface area contributed by atoms with Crippen LogP contribution in [0.4, 0.5) is 4.39 Å².